The summed E-state index contributed by atoms with van der Waals surface area (Å²) in [5, 5.41) is 2.84. The summed E-state index contributed by atoms with van der Waals surface area (Å²) in [6, 6.07) is 0. The lowest BCUT2D eigenvalue weighted by atomic mass is 10.0. The minimum atomic E-state index is -4.68. The van der Waals surface area contributed by atoms with Crippen molar-refractivity contribution < 1.29 is 42.7 Å². The third-order valence-electron chi connectivity index (χ3n) is 7.77. The van der Waals surface area contributed by atoms with E-state index in [1.807, 2.05) is 0 Å². The van der Waals surface area contributed by atoms with Gasteiger partial charge in [0.25, 0.3) is 0 Å². The van der Waals surface area contributed by atoms with Crippen molar-refractivity contribution in [2.75, 3.05) is 33.2 Å². The van der Waals surface area contributed by atoms with Gasteiger partial charge in [-0.25, -0.2) is 4.57 Å². The summed E-state index contributed by atoms with van der Waals surface area (Å²) in [5.41, 5.74) is 0. The predicted molar refractivity (Wildman–Crippen MR) is 180 cm³/mol. The van der Waals surface area contributed by atoms with Crippen molar-refractivity contribution in [3.63, 3.8) is 0 Å². The summed E-state index contributed by atoms with van der Waals surface area (Å²) in [7, 11) is -4.68. The number of phosphoric ester groups is 1. The summed E-state index contributed by atoms with van der Waals surface area (Å²) in [6.07, 6.45) is 26.8. The van der Waals surface area contributed by atoms with Gasteiger partial charge in [0.1, 0.15) is 12.9 Å². The number of amides is 1. The summed E-state index contributed by atoms with van der Waals surface area (Å²) < 4.78 is 32.0. The van der Waals surface area contributed by atoms with Crippen LogP contribution in [0.4, 0.5) is 0 Å². The molecule has 0 aliphatic carbocycles. The molecule has 0 aliphatic rings. The molecule has 3 N–H and O–H groups in total. The minimum Gasteiger partial charge on any atom is -0.457 e. The number of nitrogens with one attached hydrogen (secondary N) is 1. The number of hydrogen-bond donors (Lipinski definition) is 3. The quantitative estimate of drug-likeness (QED) is 0.0263. The molecule has 268 valence electrons. The Morgan fingerprint density at radius 2 is 1.11 bits per heavy atom. The van der Waals surface area contributed by atoms with Gasteiger partial charge in [0.15, 0.2) is 0 Å². The number of rotatable bonds is 35. The van der Waals surface area contributed by atoms with Gasteiger partial charge >= 0.3 is 13.8 Å². The topological polar surface area (TPSA) is 141 Å². The maximum absolute atomic E-state index is 12.3. The Morgan fingerprint density at radius 1 is 0.644 bits per heavy atom. The van der Waals surface area contributed by atoms with Gasteiger partial charge in [-0.1, -0.05) is 135 Å². The van der Waals surface area contributed by atoms with Crippen LogP contribution in [0.3, 0.4) is 0 Å². The highest BCUT2D eigenvalue weighted by Crippen LogP contribution is 2.35. The summed E-state index contributed by atoms with van der Waals surface area (Å²) in [4.78, 5) is 41.1. The van der Waals surface area contributed by atoms with Gasteiger partial charge < -0.3 is 29.3 Å². The zero-order valence-electron chi connectivity index (χ0n) is 28.8. The van der Waals surface area contributed by atoms with Gasteiger partial charge in [-0.15, -0.1) is 0 Å². The van der Waals surface area contributed by atoms with Crippen molar-refractivity contribution in [2.24, 2.45) is 0 Å². The van der Waals surface area contributed by atoms with E-state index in [0.29, 0.717) is 6.61 Å². The van der Waals surface area contributed by atoms with Crippen LogP contribution in [0, 0.1) is 0 Å². The Morgan fingerprint density at radius 3 is 1.60 bits per heavy atom. The van der Waals surface area contributed by atoms with E-state index in [1.54, 1.807) is 6.92 Å². The van der Waals surface area contributed by atoms with Crippen molar-refractivity contribution in [3.8, 4) is 0 Å². The molecule has 10 nitrogen and oxygen atoms in total. The lowest BCUT2D eigenvalue weighted by Gasteiger charge is -2.18. The van der Waals surface area contributed by atoms with Crippen molar-refractivity contribution in [2.45, 2.75) is 174 Å². The molecule has 0 rings (SSSR count). The van der Waals surface area contributed by atoms with Crippen LogP contribution < -0.4 is 5.32 Å². The summed E-state index contributed by atoms with van der Waals surface area (Å²) in [6.45, 7) is 4.69. The first-order valence-electron chi connectivity index (χ1n) is 18.0. The number of unbranched alkanes of at least 4 members (excludes halogenated alkanes) is 21. The van der Waals surface area contributed by atoms with E-state index in [0.717, 1.165) is 45.1 Å². The van der Waals surface area contributed by atoms with Crippen LogP contribution in [0.2, 0.25) is 0 Å². The lowest BCUT2D eigenvalue weighted by molar-refractivity contribution is -0.158. The average Bonchev–Trinajstić information content (AvgIpc) is 2.99. The minimum absolute atomic E-state index is 0.0255. The molecular weight excluding hydrogens is 597 g/mol. The van der Waals surface area contributed by atoms with E-state index in [-0.39, 0.29) is 25.7 Å². The van der Waals surface area contributed by atoms with E-state index in [2.05, 4.69) is 16.8 Å². The van der Waals surface area contributed by atoms with Gasteiger partial charge in [0, 0.05) is 26.5 Å². The van der Waals surface area contributed by atoms with E-state index < -0.39 is 26.5 Å². The van der Waals surface area contributed by atoms with Crippen LogP contribution >= 0.6 is 7.82 Å². The van der Waals surface area contributed by atoms with Crippen molar-refractivity contribution >= 4 is 19.7 Å². The molecule has 0 aromatic rings. The Bertz CT molecular complexity index is 720. The number of carbonyl (C=O) groups excluding carboxylic acids is 2. The highest BCUT2D eigenvalue weighted by atomic mass is 31.2. The molecule has 0 aliphatic heterocycles. The largest absolute Gasteiger partial charge is 0.469 e. The third-order valence-corrected chi connectivity index (χ3v) is 8.26. The Hall–Kier alpha value is -1.03. The van der Waals surface area contributed by atoms with Crippen molar-refractivity contribution in [3.05, 3.63) is 0 Å². The second-order valence-electron chi connectivity index (χ2n) is 12.3. The average molecular weight is 666 g/mol. The van der Waals surface area contributed by atoms with Crippen LogP contribution in [0.25, 0.3) is 0 Å². The number of phosphoric acid groups is 1. The van der Waals surface area contributed by atoms with E-state index in [9.17, 15) is 14.2 Å². The molecule has 45 heavy (non-hydrogen) atoms. The fourth-order valence-corrected chi connectivity index (χ4v) is 5.49. The smallest absolute Gasteiger partial charge is 0.457 e. The van der Waals surface area contributed by atoms with Gasteiger partial charge in [0.05, 0.1) is 13.2 Å². The van der Waals surface area contributed by atoms with Crippen LogP contribution in [0.5, 0.6) is 0 Å². The fraction of sp³-hybridized carbons (Fsp3) is 0.941. The summed E-state index contributed by atoms with van der Waals surface area (Å²) >= 11 is 0. The second kappa shape index (κ2) is 32.9. The predicted octanol–water partition coefficient (Wildman–Crippen LogP) is 8.52. The Kier molecular flexibility index (Phi) is 32.1. The highest BCUT2D eigenvalue weighted by Gasteiger charge is 2.21. The van der Waals surface area contributed by atoms with Crippen LogP contribution in [-0.4, -0.2) is 60.9 Å². The monoisotopic (exact) mass is 665 g/mol. The Balaban J connectivity index is 3.72. The molecule has 0 fully saturated rings. The maximum Gasteiger partial charge on any atom is 0.469 e. The first-order valence-corrected chi connectivity index (χ1v) is 19.6. The molecule has 0 radical (unpaired) electrons. The molecule has 11 heteroatoms. The second-order valence-corrected chi connectivity index (χ2v) is 13.5. The molecule has 0 spiro atoms. The molecule has 1 amide bonds. The molecule has 0 saturated carbocycles. The molecule has 0 heterocycles. The fourth-order valence-electron chi connectivity index (χ4n) is 5.13. The number of hydrogen-bond acceptors (Lipinski definition) is 7. The standard InChI is InChI=1S/C34H68NO9P/c1-3-4-5-6-7-8-14-17-20-23-26-34(37)44-33(30-43-45(38,39)40)29-42-31-41-28-25-22-19-16-13-11-9-10-12-15-18-21-24-27-35-32(2)36/h33H,3-31H2,1-2H3,(H,35,36)(H2,38,39,40)/t33-/m1/s1. The molecular formula is C34H68NO9P. The molecule has 0 unspecified atom stereocenters. The van der Waals surface area contributed by atoms with E-state index in [1.165, 1.54) is 109 Å². The number of ether oxygens (including phenoxy) is 3. The molecule has 1 atom stereocenters. The normalized spacial score (nSPS) is 12.4. The van der Waals surface area contributed by atoms with Gasteiger partial charge in [0.2, 0.25) is 5.91 Å². The van der Waals surface area contributed by atoms with Gasteiger partial charge in [-0.2, -0.15) is 0 Å². The van der Waals surface area contributed by atoms with Crippen molar-refractivity contribution in [1.82, 2.24) is 5.32 Å². The lowest BCUT2D eigenvalue weighted by Crippen LogP contribution is -2.28. The maximum atomic E-state index is 12.3. The SMILES string of the molecule is CCCCCCCCCCCCC(=O)O[C@H](COCOCCCCCCCCCCCCCCCNC(C)=O)COP(=O)(O)O. The van der Waals surface area contributed by atoms with Crippen LogP contribution in [0.15, 0.2) is 0 Å². The number of carbonyl (C=O) groups is 2. The highest BCUT2D eigenvalue weighted by molar-refractivity contribution is 7.46. The summed E-state index contributed by atoms with van der Waals surface area (Å²) in [5.74, 6) is -0.355. The zero-order chi connectivity index (χ0) is 33.3. The first-order chi connectivity index (χ1) is 21.7. The van der Waals surface area contributed by atoms with E-state index >= 15 is 0 Å². The third kappa shape index (κ3) is 37.3. The molecule has 0 saturated heterocycles. The molecule has 0 aromatic carbocycles. The zero-order valence-corrected chi connectivity index (χ0v) is 29.7. The van der Waals surface area contributed by atoms with Crippen molar-refractivity contribution in [1.29, 1.82) is 0 Å². The van der Waals surface area contributed by atoms with Gasteiger partial charge in [-0.3, -0.25) is 14.1 Å². The molecule has 0 aromatic heterocycles. The Labute approximate surface area is 274 Å². The van der Waals surface area contributed by atoms with Crippen LogP contribution in [-0.2, 0) is 32.9 Å². The first kappa shape index (κ1) is 44.0. The number of esters is 1. The molecule has 0 bridgehead atoms. The van der Waals surface area contributed by atoms with E-state index in [4.69, 9.17) is 24.0 Å². The van der Waals surface area contributed by atoms with Crippen LogP contribution in [0.1, 0.15) is 168 Å². The van der Waals surface area contributed by atoms with Gasteiger partial charge in [-0.05, 0) is 19.3 Å².